The molecule has 0 bridgehead atoms. The average Bonchev–Trinajstić information content (AvgIpc) is 3.31. The molecule has 0 saturated carbocycles. The van der Waals surface area contributed by atoms with Crippen LogP contribution in [-0.4, -0.2) is 57.7 Å². The van der Waals surface area contributed by atoms with Gasteiger partial charge in [0.2, 0.25) is 10.0 Å². The Labute approximate surface area is 187 Å². The first kappa shape index (κ1) is 23.7. The Morgan fingerprint density at radius 3 is 2.28 bits per heavy atom. The van der Waals surface area contributed by atoms with E-state index < -0.39 is 15.9 Å². The van der Waals surface area contributed by atoms with Crippen LogP contribution in [0, 0.1) is 0 Å². The van der Waals surface area contributed by atoms with Crippen molar-refractivity contribution in [2.24, 2.45) is 0 Å². The molecule has 4 N–H and O–H groups in total. The number of ether oxygens (including phenoxy) is 1. The van der Waals surface area contributed by atoms with Gasteiger partial charge < -0.3 is 20.5 Å². The van der Waals surface area contributed by atoms with Gasteiger partial charge >= 0.3 is 0 Å². The van der Waals surface area contributed by atoms with Gasteiger partial charge in [-0.15, -0.1) is 0 Å². The number of benzene rings is 2. The number of hydrogen-bond acceptors (Lipinski definition) is 6. The molecule has 1 aliphatic rings. The molecular formula is C22H27N3O6S. The zero-order valence-electron chi connectivity index (χ0n) is 17.5. The van der Waals surface area contributed by atoms with Crippen molar-refractivity contribution in [1.82, 2.24) is 15.4 Å². The van der Waals surface area contributed by atoms with Gasteiger partial charge in [-0.05, 0) is 55.7 Å². The van der Waals surface area contributed by atoms with E-state index in [0.717, 1.165) is 12.8 Å². The van der Waals surface area contributed by atoms with Crippen LogP contribution in [-0.2, 0) is 14.8 Å². The summed E-state index contributed by atoms with van der Waals surface area (Å²) in [5, 5.41) is 14.8. The monoisotopic (exact) mass is 461 g/mol. The third-order valence-corrected chi connectivity index (χ3v) is 6.39. The van der Waals surface area contributed by atoms with Crippen LogP contribution in [0.3, 0.4) is 0 Å². The van der Waals surface area contributed by atoms with Gasteiger partial charge in [0.05, 0.1) is 11.0 Å². The van der Waals surface area contributed by atoms with Crippen molar-refractivity contribution in [2.45, 2.75) is 30.3 Å². The SMILES string of the molecule is O=C(NCCCNC(=O)c1cccc(S(=O)(=O)NCC2CCCO2)c1)c1cccc(O)c1. The molecule has 1 fully saturated rings. The molecule has 0 radical (unpaired) electrons. The first-order chi connectivity index (χ1) is 15.3. The van der Waals surface area contributed by atoms with Gasteiger partial charge in [0.1, 0.15) is 5.75 Å². The molecule has 2 amide bonds. The van der Waals surface area contributed by atoms with E-state index in [1.165, 1.54) is 36.4 Å². The van der Waals surface area contributed by atoms with Crippen molar-refractivity contribution in [1.29, 1.82) is 0 Å². The summed E-state index contributed by atoms with van der Waals surface area (Å²) in [6, 6.07) is 11.8. The van der Waals surface area contributed by atoms with E-state index in [9.17, 15) is 23.1 Å². The molecule has 0 spiro atoms. The maximum Gasteiger partial charge on any atom is 0.251 e. The number of amides is 2. The van der Waals surface area contributed by atoms with Crippen molar-refractivity contribution >= 4 is 21.8 Å². The van der Waals surface area contributed by atoms with Crippen molar-refractivity contribution in [3.8, 4) is 5.75 Å². The number of rotatable bonds is 10. The fourth-order valence-corrected chi connectivity index (χ4v) is 4.35. The third kappa shape index (κ3) is 6.78. The molecule has 2 aromatic rings. The lowest BCUT2D eigenvalue weighted by molar-refractivity contribution is 0.0951. The molecule has 172 valence electrons. The fourth-order valence-electron chi connectivity index (χ4n) is 3.24. The predicted molar refractivity (Wildman–Crippen MR) is 118 cm³/mol. The lowest BCUT2D eigenvalue weighted by Gasteiger charge is -2.12. The van der Waals surface area contributed by atoms with Crippen molar-refractivity contribution in [2.75, 3.05) is 26.2 Å². The quantitative estimate of drug-likeness (QED) is 0.395. The number of aromatic hydroxyl groups is 1. The zero-order chi connectivity index (χ0) is 23.0. The van der Waals surface area contributed by atoms with E-state index in [4.69, 9.17) is 4.74 Å². The van der Waals surface area contributed by atoms with Crippen LogP contribution in [0.2, 0.25) is 0 Å². The van der Waals surface area contributed by atoms with Gasteiger partial charge in [-0.25, -0.2) is 13.1 Å². The molecule has 10 heteroatoms. The van der Waals surface area contributed by atoms with Gasteiger partial charge in [0.25, 0.3) is 11.8 Å². The minimum absolute atomic E-state index is 0.0104. The Balaban J connectivity index is 1.44. The number of nitrogens with one attached hydrogen (secondary N) is 3. The second-order valence-electron chi connectivity index (χ2n) is 7.43. The minimum atomic E-state index is -3.75. The standard InChI is InChI=1S/C22H27N3O6S/c26-18-7-1-5-16(13-18)21(27)23-10-4-11-24-22(28)17-6-2-9-20(14-17)32(29,30)25-15-19-8-3-12-31-19/h1-2,5-7,9,13-14,19,25-26H,3-4,8,10-12,15H2,(H,23,27)(H,24,28). The smallest absolute Gasteiger partial charge is 0.251 e. The topological polar surface area (TPSA) is 134 Å². The molecule has 2 aromatic carbocycles. The van der Waals surface area contributed by atoms with E-state index in [0.29, 0.717) is 31.7 Å². The van der Waals surface area contributed by atoms with E-state index in [2.05, 4.69) is 15.4 Å². The molecule has 1 atom stereocenters. The number of carbonyl (C=O) groups excluding carboxylic acids is 2. The fraction of sp³-hybridized carbons (Fsp3) is 0.364. The molecule has 1 unspecified atom stereocenters. The summed E-state index contributed by atoms with van der Waals surface area (Å²) < 4.78 is 33.0. The highest BCUT2D eigenvalue weighted by Crippen LogP contribution is 2.15. The number of phenols is 1. The van der Waals surface area contributed by atoms with E-state index in [-0.39, 0.29) is 34.8 Å². The van der Waals surface area contributed by atoms with Crippen molar-refractivity contribution in [3.05, 3.63) is 59.7 Å². The first-order valence-corrected chi connectivity index (χ1v) is 11.9. The second kappa shape index (κ2) is 11.1. The molecule has 0 aliphatic carbocycles. The van der Waals surface area contributed by atoms with Crippen LogP contribution in [0.4, 0.5) is 0 Å². The molecule has 3 rings (SSSR count). The lowest BCUT2D eigenvalue weighted by Crippen LogP contribution is -2.32. The highest BCUT2D eigenvalue weighted by atomic mass is 32.2. The summed E-state index contributed by atoms with van der Waals surface area (Å²) in [5.74, 6) is -0.711. The van der Waals surface area contributed by atoms with Gasteiger partial charge in [-0.3, -0.25) is 9.59 Å². The van der Waals surface area contributed by atoms with E-state index >= 15 is 0 Å². The van der Waals surface area contributed by atoms with Crippen LogP contribution in [0.5, 0.6) is 5.75 Å². The molecule has 1 heterocycles. The van der Waals surface area contributed by atoms with Crippen LogP contribution in [0.1, 0.15) is 40.0 Å². The lowest BCUT2D eigenvalue weighted by atomic mass is 10.2. The second-order valence-corrected chi connectivity index (χ2v) is 9.20. The number of sulfonamides is 1. The summed E-state index contributed by atoms with van der Waals surface area (Å²) >= 11 is 0. The number of phenolic OH excluding ortho intramolecular Hbond substituents is 1. The van der Waals surface area contributed by atoms with Crippen molar-refractivity contribution < 1.29 is 27.9 Å². The maximum absolute atomic E-state index is 12.5. The predicted octanol–water partition coefficient (Wildman–Crippen LogP) is 1.40. The molecule has 32 heavy (non-hydrogen) atoms. The van der Waals surface area contributed by atoms with E-state index in [1.54, 1.807) is 12.1 Å². The molecule has 0 aromatic heterocycles. The summed E-state index contributed by atoms with van der Waals surface area (Å²) in [4.78, 5) is 24.4. The average molecular weight is 462 g/mol. The largest absolute Gasteiger partial charge is 0.508 e. The summed E-state index contributed by atoms with van der Waals surface area (Å²) in [5.41, 5.74) is 0.578. The number of carbonyl (C=O) groups is 2. The molecule has 1 saturated heterocycles. The van der Waals surface area contributed by atoms with Crippen molar-refractivity contribution in [3.63, 3.8) is 0 Å². The van der Waals surface area contributed by atoms with Gasteiger partial charge in [-0.1, -0.05) is 12.1 Å². The van der Waals surface area contributed by atoms with Gasteiger partial charge in [-0.2, -0.15) is 0 Å². The molecule has 1 aliphatic heterocycles. The first-order valence-electron chi connectivity index (χ1n) is 10.4. The summed E-state index contributed by atoms with van der Waals surface area (Å²) in [7, 11) is -3.75. The van der Waals surface area contributed by atoms with Crippen LogP contribution in [0.25, 0.3) is 0 Å². The Morgan fingerprint density at radius 2 is 1.66 bits per heavy atom. The van der Waals surface area contributed by atoms with Crippen LogP contribution >= 0.6 is 0 Å². The third-order valence-electron chi connectivity index (χ3n) is 4.96. The Morgan fingerprint density at radius 1 is 1.00 bits per heavy atom. The molecule has 9 nitrogen and oxygen atoms in total. The van der Waals surface area contributed by atoms with Gasteiger partial charge in [0.15, 0.2) is 0 Å². The highest BCUT2D eigenvalue weighted by molar-refractivity contribution is 7.89. The summed E-state index contributed by atoms with van der Waals surface area (Å²) in [6.07, 6.45) is 2.10. The highest BCUT2D eigenvalue weighted by Gasteiger charge is 2.21. The Hall–Kier alpha value is -2.95. The van der Waals surface area contributed by atoms with Crippen LogP contribution < -0.4 is 15.4 Å². The Bertz CT molecular complexity index is 1050. The van der Waals surface area contributed by atoms with Gasteiger partial charge in [0, 0.05) is 37.4 Å². The van der Waals surface area contributed by atoms with Crippen LogP contribution in [0.15, 0.2) is 53.4 Å². The normalized spacial score (nSPS) is 15.9. The number of hydrogen-bond donors (Lipinski definition) is 4. The maximum atomic E-state index is 12.5. The summed E-state index contributed by atoms with van der Waals surface area (Å²) in [6.45, 7) is 1.47. The zero-order valence-corrected chi connectivity index (χ0v) is 18.4. The Kier molecular flexibility index (Phi) is 8.20. The van der Waals surface area contributed by atoms with E-state index in [1.807, 2.05) is 0 Å². The molecular weight excluding hydrogens is 434 g/mol. The minimum Gasteiger partial charge on any atom is -0.508 e.